The Kier molecular flexibility index (Phi) is 6.90. The molecule has 0 spiro atoms. The van der Waals surface area contributed by atoms with Gasteiger partial charge in [0.25, 0.3) is 0 Å². The van der Waals surface area contributed by atoms with E-state index in [-0.39, 0.29) is 12.1 Å². The smallest absolute Gasteiger partial charge is 0.409 e. The maximum Gasteiger partial charge on any atom is 0.409 e. The van der Waals surface area contributed by atoms with Crippen LogP contribution in [0.5, 0.6) is 0 Å². The summed E-state index contributed by atoms with van der Waals surface area (Å²) in [5.41, 5.74) is 7.27. The number of likely N-dealkylation sites (tertiary alicyclic amines) is 1. The molecule has 1 saturated heterocycles. The predicted octanol–water partition coefficient (Wildman–Crippen LogP) is 2.32. The molecule has 1 atom stereocenters. The molecule has 0 radical (unpaired) electrons. The van der Waals surface area contributed by atoms with E-state index in [9.17, 15) is 4.79 Å². The van der Waals surface area contributed by atoms with E-state index in [1.54, 1.807) is 4.90 Å². The lowest BCUT2D eigenvalue weighted by molar-refractivity contribution is 0.0963. The number of guanidine groups is 1. The highest BCUT2D eigenvalue weighted by Gasteiger charge is 2.23. The molecule has 1 amide bonds. The van der Waals surface area contributed by atoms with Crippen molar-refractivity contribution in [1.82, 2.24) is 10.2 Å². The molecule has 0 aliphatic carbocycles. The fourth-order valence-corrected chi connectivity index (χ4v) is 2.80. The number of amides is 1. The number of piperidine rings is 1. The van der Waals surface area contributed by atoms with Crippen molar-refractivity contribution < 1.29 is 9.53 Å². The first-order chi connectivity index (χ1) is 11.6. The van der Waals surface area contributed by atoms with E-state index in [4.69, 9.17) is 10.5 Å². The van der Waals surface area contributed by atoms with Gasteiger partial charge in [-0.05, 0) is 25.3 Å². The first kappa shape index (κ1) is 18.1. The Hall–Kier alpha value is -2.24. The number of carbonyl (C=O) groups is 1. The summed E-state index contributed by atoms with van der Waals surface area (Å²) in [6.07, 6.45) is 1.47. The van der Waals surface area contributed by atoms with E-state index in [2.05, 4.69) is 29.4 Å². The van der Waals surface area contributed by atoms with Crippen molar-refractivity contribution in [3.05, 3.63) is 35.9 Å². The van der Waals surface area contributed by atoms with E-state index in [1.165, 1.54) is 5.56 Å². The first-order valence-electron chi connectivity index (χ1n) is 8.63. The average molecular weight is 332 g/mol. The molecule has 6 heteroatoms. The Morgan fingerprint density at radius 1 is 1.38 bits per heavy atom. The van der Waals surface area contributed by atoms with Gasteiger partial charge in [-0.15, -0.1) is 0 Å². The van der Waals surface area contributed by atoms with Crippen molar-refractivity contribution in [2.45, 2.75) is 38.6 Å². The number of hydrogen-bond acceptors (Lipinski definition) is 3. The number of nitrogens with zero attached hydrogens (tertiary/aromatic N) is 2. The van der Waals surface area contributed by atoms with Gasteiger partial charge in [0.1, 0.15) is 0 Å². The molecule has 1 aromatic carbocycles. The molecular weight excluding hydrogens is 304 g/mol. The second kappa shape index (κ2) is 9.15. The van der Waals surface area contributed by atoms with Gasteiger partial charge in [0.2, 0.25) is 0 Å². The molecule has 1 aliphatic rings. The number of ether oxygens (including phenoxy) is 1. The summed E-state index contributed by atoms with van der Waals surface area (Å²) in [5, 5.41) is 3.27. The van der Waals surface area contributed by atoms with Gasteiger partial charge in [-0.2, -0.15) is 0 Å². The highest BCUT2D eigenvalue weighted by Crippen LogP contribution is 2.15. The van der Waals surface area contributed by atoms with Crippen molar-refractivity contribution in [2.24, 2.45) is 10.7 Å². The van der Waals surface area contributed by atoms with Gasteiger partial charge in [-0.3, -0.25) is 4.99 Å². The monoisotopic (exact) mass is 332 g/mol. The van der Waals surface area contributed by atoms with Crippen LogP contribution in [0.25, 0.3) is 0 Å². The second-order valence-electron chi connectivity index (χ2n) is 6.14. The van der Waals surface area contributed by atoms with Crippen molar-refractivity contribution in [1.29, 1.82) is 0 Å². The lowest BCUT2D eigenvalue weighted by Crippen LogP contribution is -2.48. The van der Waals surface area contributed by atoms with E-state index >= 15 is 0 Å². The van der Waals surface area contributed by atoms with E-state index < -0.39 is 0 Å². The molecule has 1 aliphatic heterocycles. The summed E-state index contributed by atoms with van der Waals surface area (Å²) >= 11 is 0. The molecule has 6 nitrogen and oxygen atoms in total. The van der Waals surface area contributed by atoms with Crippen LogP contribution in [0, 0.1) is 0 Å². The topological polar surface area (TPSA) is 80.0 Å². The Bertz CT molecular complexity index is 539. The zero-order valence-corrected chi connectivity index (χ0v) is 14.6. The van der Waals surface area contributed by atoms with Crippen LogP contribution in [0.1, 0.15) is 38.2 Å². The van der Waals surface area contributed by atoms with E-state index in [0.717, 1.165) is 12.8 Å². The van der Waals surface area contributed by atoms with Crippen LogP contribution in [-0.2, 0) is 4.74 Å². The molecule has 0 unspecified atom stereocenters. The summed E-state index contributed by atoms with van der Waals surface area (Å²) in [5.74, 6) is 0.810. The van der Waals surface area contributed by atoms with Gasteiger partial charge in [0.05, 0.1) is 6.61 Å². The van der Waals surface area contributed by atoms with Gasteiger partial charge in [0, 0.05) is 31.6 Å². The normalized spacial score (nSPS) is 17.4. The minimum atomic E-state index is -0.228. The van der Waals surface area contributed by atoms with Crippen LogP contribution < -0.4 is 11.1 Å². The fourth-order valence-electron chi connectivity index (χ4n) is 2.80. The number of carbonyl (C=O) groups excluding carboxylic acids is 1. The molecule has 132 valence electrons. The summed E-state index contributed by atoms with van der Waals surface area (Å²) in [6.45, 7) is 6.40. The van der Waals surface area contributed by atoms with Crippen LogP contribution in [0.3, 0.4) is 0 Å². The Morgan fingerprint density at radius 3 is 2.67 bits per heavy atom. The molecule has 0 saturated carbocycles. The summed E-state index contributed by atoms with van der Waals surface area (Å²) in [6, 6.07) is 10.6. The van der Waals surface area contributed by atoms with Crippen molar-refractivity contribution in [3.63, 3.8) is 0 Å². The van der Waals surface area contributed by atoms with Crippen LogP contribution in [0.15, 0.2) is 35.3 Å². The van der Waals surface area contributed by atoms with E-state index in [1.807, 2.05) is 25.1 Å². The molecule has 1 heterocycles. The average Bonchev–Trinajstić information content (AvgIpc) is 2.61. The van der Waals surface area contributed by atoms with Crippen molar-refractivity contribution in [2.75, 3.05) is 26.2 Å². The largest absolute Gasteiger partial charge is 0.450 e. The number of benzene rings is 1. The third kappa shape index (κ3) is 5.44. The fraction of sp³-hybridized carbons (Fsp3) is 0.556. The Balaban J connectivity index is 1.75. The standard InChI is InChI=1S/C18H28N4O2/c1-3-24-18(23)22-11-9-16(10-12-22)21-17(19)20-13-14(2)15-7-5-4-6-8-15/h4-8,14,16H,3,9-13H2,1-2H3,(H3,19,20,21)/t14-/m1/s1. The zero-order chi connectivity index (χ0) is 17.4. The minimum absolute atomic E-state index is 0.228. The third-order valence-electron chi connectivity index (χ3n) is 4.28. The van der Waals surface area contributed by atoms with Crippen LogP contribution in [-0.4, -0.2) is 49.2 Å². The molecule has 0 bridgehead atoms. The molecule has 0 aromatic heterocycles. The van der Waals surface area contributed by atoms with Gasteiger partial charge in [0.15, 0.2) is 5.96 Å². The highest BCUT2D eigenvalue weighted by atomic mass is 16.6. The van der Waals surface area contributed by atoms with Gasteiger partial charge < -0.3 is 20.7 Å². The Morgan fingerprint density at radius 2 is 2.04 bits per heavy atom. The van der Waals surface area contributed by atoms with Crippen LogP contribution in [0.4, 0.5) is 4.79 Å². The number of hydrogen-bond donors (Lipinski definition) is 2. The maximum atomic E-state index is 11.7. The molecular formula is C18H28N4O2. The highest BCUT2D eigenvalue weighted by molar-refractivity contribution is 5.78. The Labute approximate surface area is 144 Å². The van der Waals surface area contributed by atoms with E-state index in [0.29, 0.717) is 38.1 Å². The van der Waals surface area contributed by atoms with Crippen LogP contribution in [0.2, 0.25) is 0 Å². The quantitative estimate of drug-likeness (QED) is 0.640. The molecule has 1 fully saturated rings. The number of aliphatic imine (C=N–C) groups is 1. The van der Waals surface area contributed by atoms with Gasteiger partial charge >= 0.3 is 6.09 Å². The minimum Gasteiger partial charge on any atom is -0.450 e. The van der Waals surface area contributed by atoms with Gasteiger partial charge in [-0.25, -0.2) is 4.79 Å². The SMILES string of the molecule is CCOC(=O)N1CCC(NC(N)=NC[C@@H](C)c2ccccc2)CC1. The van der Waals surface area contributed by atoms with Crippen molar-refractivity contribution >= 4 is 12.1 Å². The summed E-state index contributed by atoms with van der Waals surface area (Å²) in [7, 11) is 0. The van der Waals surface area contributed by atoms with Crippen LogP contribution >= 0.6 is 0 Å². The lowest BCUT2D eigenvalue weighted by Gasteiger charge is -2.31. The maximum absolute atomic E-state index is 11.7. The third-order valence-corrected chi connectivity index (χ3v) is 4.28. The van der Waals surface area contributed by atoms with Gasteiger partial charge in [-0.1, -0.05) is 37.3 Å². The lowest BCUT2D eigenvalue weighted by atomic mass is 10.0. The molecule has 24 heavy (non-hydrogen) atoms. The van der Waals surface area contributed by atoms with Crippen molar-refractivity contribution in [3.8, 4) is 0 Å². The summed E-state index contributed by atoms with van der Waals surface area (Å²) in [4.78, 5) is 17.9. The predicted molar refractivity (Wildman–Crippen MR) is 96.1 cm³/mol. The second-order valence-corrected chi connectivity index (χ2v) is 6.14. The molecule has 1 aromatic rings. The molecule has 2 rings (SSSR count). The zero-order valence-electron chi connectivity index (χ0n) is 14.6. The first-order valence-corrected chi connectivity index (χ1v) is 8.63. The number of nitrogens with one attached hydrogen (secondary N) is 1. The number of rotatable bonds is 5. The molecule has 3 N–H and O–H groups in total. The number of nitrogens with two attached hydrogens (primary N) is 1. The summed E-state index contributed by atoms with van der Waals surface area (Å²) < 4.78 is 5.02.